The molecule has 0 aliphatic carbocycles. The van der Waals surface area contributed by atoms with Crippen molar-refractivity contribution >= 4 is 35.0 Å². The molecule has 0 aliphatic heterocycles. The summed E-state index contributed by atoms with van der Waals surface area (Å²) in [5.74, 6) is -0.455. The molecule has 0 aromatic heterocycles. The van der Waals surface area contributed by atoms with Crippen LogP contribution in [0.15, 0.2) is 53.4 Å². The summed E-state index contributed by atoms with van der Waals surface area (Å²) in [5, 5.41) is 15.9. The fourth-order valence-electron chi connectivity index (χ4n) is 2.19. The molecule has 2 rings (SSSR count). The van der Waals surface area contributed by atoms with Gasteiger partial charge in [-0.05, 0) is 30.2 Å². The van der Waals surface area contributed by atoms with Crippen molar-refractivity contribution in [3.05, 3.63) is 64.2 Å². The van der Waals surface area contributed by atoms with E-state index in [0.29, 0.717) is 0 Å². The number of carbonyl (C=O) groups excluding carboxylic acids is 2. The van der Waals surface area contributed by atoms with Gasteiger partial charge in [-0.2, -0.15) is 0 Å². The monoisotopic (exact) mass is 373 g/mol. The topological polar surface area (TPSA) is 101 Å². The highest BCUT2D eigenvalue weighted by Gasteiger charge is 2.09. The van der Waals surface area contributed by atoms with Crippen LogP contribution in [0.2, 0.25) is 0 Å². The molecule has 0 atom stereocenters. The lowest BCUT2D eigenvalue weighted by Gasteiger charge is -2.10. The first-order valence-electron chi connectivity index (χ1n) is 8.01. The highest BCUT2D eigenvalue weighted by atomic mass is 32.2. The van der Waals surface area contributed by atoms with Gasteiger partial charge < -0.3 is 10.6 Å². The molecule has 0 radical (unpaired) electrons. The van der Waals surface area contributed by atoms with Crippen LogP contribution < -0.4 is 10.6 Å². The fraction of sp³-hybridized carbons (Fsp3) is 0.222. The van der Waals surface area contributed by atoms with Crippen molar-refractivity contribution in [2.75, 3.05) is 17.6 Å². The quantitative estimate of drug-likeness (QED) is 0.421. The highest BCUT2D eigenvalue weighted by molar-refractivity contribution is 8.00. The molecule has 0 saturated carbocycles. The van der Waals surface area contributed by atoms with E-state index in [0.717, 1.165) is 22.6 Å². The Kier molecular flexibility index (Phi) is 7.16. The number of hydrogen-bond donors (Lipinski definition) is 2. The van der Waals surface area contributed by atoms with Gasteiger partial charge in [0.1, 0.15) is 0 Å². The van der Waals surface area contributed by atoms with Crippen molar-refractivity contribution < 1.29 is 14.5 Å². The molecular formula is C18H19N3O4S. The van der Waals surface area contributed by atoms with E-state index < -0.39 is 4.92 Å². The Labute approximate surface area is 155 Å². The molecule has 26 heavy (non-hydrogen) atoms. The van der Waals surface area contributed by atoms with Crippen LogP contribution in [0.4, 0.5) is 11.4 Å². The van der Waals surface area contributed by atoms with Crippen molar-refractivity contribution in [3.8, 4) is 0 Å². The number of aryl methyl sites for hydroxylation is 1. The third-order valence-corrected chi connectivity index (χ3v) is 4.55. The normalized spacial score (nSPS) is 10.2. The minimum absolute atomic E-state index is 0.00262. The number of hydrogen-bond acceptors (Lipinski definition) is 5. The van der Waals surface area contributed by atoms with Crippen molar-refractivity contribution in [2.24, 2.45) is 0 Å². The van der Waals surface area contributed by atoms with Gasteiger partial charge in [-0.25, -0.2) is 0 Å². The van der Waals surface area contributed by atoms with Gasteiger partial charge in [-0.3, -0.25) is 19.7 Å². The molecule has 2 N–H and O–H groups in total. The first-order chi connectivity index (χ1) is 12.5. The summed E-state index contributed by atoms with van der Waals surface area (Å²) < 4.78 is 0. The number of nitrogens with zero attached hydrogens (tertiary/aromatic N) is 1. The second-order valence-electron chi connectivity index (χ2n) is 5.38. The van der Waals surface area contributed by atoms with Crippen molar-refractivity contribution in [1.82, 2.24) is 5.32 Å². The number of benzene rings is 2. The summed E-state index contributed by atoms with van der Waals surface area (Å²) >= 11 is 1.24. The molecule has 2 amide bonds. The smallest absolute Gasteiger partial charge is 0.269 e. The number of anilines is 1. The van der Waals surface area contributed by atoms with Crippen LogP contribution in [0.5, 0.6) is 0 Å². The molecule has 2 aromatic carbocycles. The summed E-state index contributed by atoms with van der Waals surface area (Å²) in [6.07, 6.45) is 0.800. The number of amides is 2. The maximum absolute atomic E-state index is 12.0. The van der Waals surface area contributed by atoms with Gasteiger partial charge in [0.15, 0.2) is 0 Å². The molecule has 8 heteroatoms. The van der Waals surface area contributed by atoms with Crippen LogP contribution >= 0.6 is 11.8 Å². The Morgan fingerprint density at radius 2 is 1.77 bits per heavy atom. The number of carbonyl (C=O) groups is 2. The number of nitro benzene ring substituents is 1. The van der Waals surface area contributed by atoms with Gasteiger partial charge in [0.2, 0.25) is 11.8 Å². The number of nitro groups is 1. The van der Waals surface area contributed by atoms with E-state index in [1.165, 1.54) is 23.9 Å². The van der Waals surface area contributed by atoms with E-state index in [-0.39, 0.29) is 29.8 Å². The lowest BCUT2D eigenvalue weighted by atomic mass is 10.1. The predicted molar refractivity (Wildman–Crippen MR) is 101 cm³/mol. The van der Waals surface area contributed by atoms with Crippen LogP contribution in [0, 0.1) is 10.1 Å². The SMILES string of the molecule is CCc1ccccc1NC(=O)CNC(=O)CSc1ccc([N+](=O)[O-])cc1. The van der Waals surface area contributed by atoms with Gasteiger partial charge in [0, 0.05) is 22.7 Å². The van der Waals surface area contributed by atoms with E-state index in [2.05, 4.69) is 10.6 Å². The van der Waals surface area contributed by atoms with E-state index >= 15 is 0 Å². The molecule has 0 unspecified atom stereocenters. The van der Waals surface area contributed by atoms with Crippen LogP contribution in [0.25, 0.3) is 0 Å². The Balaban J connectivity index is 1.75. The summed E-state index contributed by atoms with van der Waals surface area (Å²) in [6, 6.07) is 13.5. The van der Waals surface area contributed by atoms with Gasteiger partial charge in [0.25, 0.3) is 5.69 Å². The molecule has 7 nitrogen and oxygen atoms in total. The third-order valence-electron chi connectivity index (χ3n) is 3.54. The van der Waals surface area contributed by atoms with Crippen LogP contribution in [-0.2, 0) is 16.0 Å². The molecule has 0 fully saturated rings. The zero-order valence-corrected chi connectivity index (χ0v) is 15.0. The molecule has 0 spiro atoms. The summed E-state index contributed by atoms with van der Waals surface area (Å²) in [5.41, 5.74) is 1.78. The number of nitrogens with one attached hydrogen (secondary N) is 2. The predicted octanol–water partition coefficient (Wildman–Crippen LogP) is 3.00. The molecule has 0 saturated heterocycles. The Morgan fingerprint density at radius 3 is 2.42 bits per heavy atom. The molecule has 136 valence electrons. The van der Waals surface area contributed by atoms with Gasteiger partial charge >= 0.3 is 0 Å². The molecular weight excluding hydrogens is 354 g/mol. The van der Waals surface area contributed by atoms with Gasteiger partial charge in [-0.15, -0.1) is 11.8 Å². The Morgan fingerprint density at radius 1 is 1.08 bits per heavy atom. The Hall–Kier alpha value is -2.87. The lowest BCUT2D eigenvalue weighted by molar-refractivity contribution is -0.384. The maximum atomic E-state index is 12.0. The summed E-state index contributed by atoms with van der Waals surface area (Å²) in [7, 11) is 0. The van der Waals surface area contributed by atoms with Gasteiger partial charge in [0.05, 0.1) is 17.2 Å². The number of thioether (sulfide) groups is 1. The molecule has 0 bridgehead atoms. The van der Waals surface area contributed by atoms with Gasteiger partial charge in [-0.1, -0.05) is 25.1 Å². The Bertz CT molecular complexity index is 793. The standard InChI is InChI=1S/C18H19N3O4S/c1-2-13-5-3-4-6-16(13)20-17(22)11-19-18(23)12-26-15-9-7-14(8-10-15)21(24)25/h3-10H,2,11-12H2,1H3,(H,19,23)(H,20,22). The third kappa shape index (κ3) is 5.89. The van der Waals surface area contributed by atoms with E-state index in [4.69, 9.17) is 0 Å². The first kappa shape index (κ1) is 19.5. The van der Waals surface area contributed by atoms with E-state index in [1.807, 2.05) is 31.2 Å². The molecule has 0 heterocycles. The number of non-ortho nitro benzene ring substituents is 1. The van der Waals surface area contributed by atoms with Crippen molar-refractivity contribution in [1.29, 1.82) is 0 Å². The minimum atomic E-state index is -0.476. The largest absolute Gasteiger partial charge is 0.346 e. The average molecular weight is 373 g/mol. The highest BCUT2D eigenvalue weighted by Crippen LogP contribution is 2.21. The van der Waals surface area contributed by atoms with E-state index in [9.17, 15) is 19.7 Å². The average Bonchev–Trinajstić information content (AvgIpc) is 2.65. The maximum Gasteiger partial charge on any atom is 0.269 e. The zero-order chi connectivity index (χ0) is 18.9. The molecule has 2 aromatic rings. The van der Waals surface area contributed by atoms with Crippen LogP contribution in [-0.4, -0.2) is 29.0 Å². The number of para-hydroxylation sites is 1. The lowest BCUT2D eigenvalue weighted by Crippen LogP contribution is -2.34. The second-order valence-corrected chi connectivity index (χ2v) is 6.42. The summed E-state index contributed by atoms with van der Waals surface area (Å²) in [6.45, 7) is 1.89. The van der Waals surface area contributed by atoms with Crippen molar-refractivity contribution in [3.63, 3.8) is 0 Å². The zero-order valence-electron chi connectivity index (χ0n) is 14.2. The number of rotatable bonds is 8. The van der Waals surface area contributed by atoms with Crippen molar-refractivity contribution in [2.45, 2.75) is 18.2 Å². The molecule has 0 aliphatic rings. The fourth-order valence-corrected chi connectivity index (χ4v) is 2.92. The minimum Gasteiger partial charge on any atom is -0.346 e. The summed E-state index contributed by atoms with van der Waals surface area (Å²) in [4.78, 5) is 34.7. The second kappa shape index (κ2) is 9.57. The van der Waals surface area contributed by atoms with Crippen LogP contribution in [0.1, 0.15) is 12.5 Å². The first-order valence-corrected chi connectivity index (χ1v) is 9.00. The van der Waals surface area contributed by atoms with Crippen LogP contribution in [0.3, 0.4) is 0 Å². The van der Waals surface area contributed by atoms with E-state index in [1.54, 1.807) is 12.1 Å².